The second-order valence-electron chi connectivity index (χ2n) is 1.73. The van der Waals surface area contributed by atoms with Crippen molar-refractivity contribution in [3.8, 4) is 0 Å². The summed E-state index contributed by atoms with van der Waals surface area (Å²) in [5.74, 6) is 0. The smallest absolute Gasteiger partial charge is 0.0703 e. The van der Waals surface area contributed by atoms with E-state index in [1.165, 1.54) is 6.20 Å². The first-order valence-corrected chi connectivity index (χ1v) is 2.64. The minimum atomic E-state index is -0.0195. The van der Waals surface area contributed by atoms with Crippen LogP contribution in [0.3, 0.4) is 0 Å². The molecule has 1 aromatic rings. The van der Waals surface area contributed by atoms with Crippen LogP contribution in [0.1, 0.15) is 5.56 Å². The van der Waals surface area contributed by atoms with Crippen molar-refractivity contribution in [1.82, 2.24) is 4.98 Å². The number of hydrogen-bond acceptors (Lipinski definition) is 3. The Morgan fingerprint density at radius 2 is 2.44 bits per heavy atom. The van der Waals surface area contributed by atoms with Crippen molar-refractivity contribution in [2.45, 2.75) is 6.61 Å². The summed E-state index contributed by atoms with van der Waals surface area (Å²) >= 11 is 0. The molecule has 0 spiro atoms. The first-order chi connectivity index (χ1) is 4.34. The Bertz CT molecular complexity index is 200. The molecule has 0 radical (unpaired) electrons. The molecule has 3 nitrogen and oxygen atoms in total. The normalized spacial score (nSPS) is 9.44. The number of aromatic nitrogens is 1. The van der Waals surface area contributed by atoms with Crippen LogP contribution in [0, 0.1) is 0 Å². The van der Waals surface area contributed by atoms with Crippen molar-refractivity contribution in [2.24, 2.45) is 0 Å². The topological polar surface area (TPSA) is 59.1 Å². The molecule has 0 aliphatic carbocycles. The summed E-state index contributed by atoms with van der Waals surface area (Å²) in [7, 11) is 0. The van der Waals surface area contributed by atoms with Crippen LogP contribution in [0.25, 0.3) is 0 Å². The molecular weight excluding hydrogens is 116 g/mol. The summed E-state index contributed by atoms with van der Waals surface area (Å²) in [4.78, 5) is 3.76. The number of aliphatic hydroxyl groups excluding tert-OH is 1. The minimum absolute atomic E-state index is 0.0195. The van der Waals surface area contributed by atoms with Crippen molar-refractivity contribution in [1.29, 1.82) is 0 Å². The molecule has 0 atom stereocenters. The number of hydrogen-bond donors (Lipinski definition) is 2. The highest BCUT2D eigenvalue weighted by Crippen LogP contribution is 2.06. The largest absolute Gasteiger partial charge is 0.397 e. The van der Waals surface area contributed by atoms with E-state index in [4.69, 9.17) is 10.8 Å². The van der Waals surface area contributed by atoms with E-state index in [0.29, 0.717) is 5.69 Å². The van der Waals surface area contributed by atoms with Gasteiger partial charge in [0.05, 0.1) is 18.5 Å². The Hall–Kier alpha value is -1.09. The van der Waals surface area contributed by atoms with Gasteiger partial charge in [0.25, 0.3) is 0 Å². The Morgan fingerprint density at radius 3 is 2.89 bits per heavy atom. The number of nitrogens with two attached hydrogens (primary N) is 1. The molecule has 48 valence electrons. The first kappa shape index (κ1) is 6.04. The highest BCUT2D eigenvalue weighted by molar-refractivity contribution is 5.42. The van der Waals surface area contributed by atoms with Gasteiger partial charge in [-0.3, -0.25) is 4.98 Å². The molecule has 3 heteroatoms. The molecule has 0 amide bonds. The van der Waals surface area contributed by atoms with Crippen LogP contribution >= 0.6 is 0 Å². The molecule has 0 aliphatic heterocycles. The lowest BCUT2D eigenvalue weighted by molar-refractivity contribution is 0.282. The second kappa shape index (κ2) is 2.46. The fraction of sp³-hybridized carbons (Fsp3) is 0.167. The molecule has 0 saturated heterocycles. The zero-order chi connectivity index (χ0) is 6.69. The molecule has 1 rings (SSSR count). The maximum absolute atomic E-state index is 8.61. The molecule has 0 unspecified atom stereocenters. The van der Waals surface area contributed by atoms with Gasteiger partial charge in [-0.1, -0.05) is 0 Å². The number of nitrogens with zero attached hydrogens (tertiary/aromatic N) is 1. The zero-order valence-corrected chi connectivity index (χ0v) is 4.91. The van der Waals surface area contributed by atoms with E-state index >= 15 is 0 Å². The predicted molar refractivity (Wildman–Crippen MR) is 34.6 cm³/mol. The van der Waals surface area contributed by atoms with Gasteiger partial charge in [-0.25, -0.2) is 0 Å². The summed E-state index contributed by atoms with van der Waals surface area (Å²) in [5, 5.41) is 8.61. The lowest BCUT2D eigenvalue weighted by Crippen LogP contribution is -1.93. The molecule has 0 fully saturated rings. The van der Waals surface area contributed by atoms with Crippen molar-refractivity contribution >= 4 is 5.69 Å². The molecule has 0 aliphatic rings. The highest BCUT2D eigenvalue weighted by Gasteiger charge is 1.92. The van der Waals surface area contributed by atoms with Crippen molar-refractivity contribution in [2.75, 3.05) is 5.73 Å². The molecule has 0 saturated carbocycles. The maximum Gasteiger partial charge on any atom is 0.0703 e. The summed E-state index contributed by atoms with van der Waals surface area (Å²) in [6.45, 7) is -0.0195. The SMILES string of the molecule is Nc1cnccc1CO. The average molecular weight is 124 g/mol. The Kier molecular flexibility index (Phi) is 1.65. The summed E-state index contributed by atoms with van der Waals surface area (Å²) in [5.41, 5.74) is 6.68. The van der Waals surface area contributed by atoms with E-state index in [9.17, 15) is 0 Å². The number of pyridine rings is 1. The van der Waals surface area contributed by atoms with Gasteiger partial charge in [0.1, 0.15) is 0 Å². The Balaban J connectivity index is 3.01. The predicted octanol–water partition coefficient (Wildman–Crippen LogP) is 0.156. The van der Waals surface area contributed by atoms with Gasteiger partial charge >= 0.3 is 0 Å². The molecule has 0 aromatic carbocycles. The van der Waals surface area contributed by atoms with E-state index in [0.717, 1.165) is 5.56 Å². The van der Waals surface area contributed by atoms with Crippen LogP contribution in [0.5, 0.6) is 0 Å². The molecule has 1 heterocycles. The first-order valence-electron chi connectivity index (χ1n) is 2.64. The van der Waals surface area contributed by atoms with Crippen molar-refractivity contribution < 1.29 is 5.11 Å². The van der Waals surface area contributed by atoms with E-state index in [2.05, 4.69) is 4.98 Å². The Morgan fingerprint density at radius 1 is 1.67 bits per heavy atom. The van der Waals surface area contributed by atoms with Gasteiger partial charge < -0.3 is 10.8 Å². The van der Waals surface area contributed by atoms with Crippen molar-refractivity contribution in [3.63, 3.8) is 0 Å². The van der Waals surface area contributed by atoms with Gasteiger partial charge in [-0.2, -0.15) is 0 Å². The van der Waals surface area contributed by atoms with Crippen LogP contribution in [-0.4, -0.2) is 10.1 Å². The average Bonchev–Trinajstić information content (AvgIpc) is 1.89. The minimum Gasteiger partial charge on any atom is -0.397 e. The lowest BCUT2D eigenvalue weighted by atomic mass is 10.2. The van der Waals surface area contributed by atoms with Gasteiger partial charge in [-0.15, -0.1) is 0 Å². The van der Waals surface area contributed by atoms with E-state index in [-0.39, 0.29) is 6.61 Å². The third-order valence-electron chi connectivity index (χ3n) is 1.12. The van der Waals surface area contributed by atoms with Gasteiger partial charge in [-0.05, 0) is 6.07 Å². The van der Waals surface area contributed by atoms with E-state index in [1.807, 2.05) is 0 Å². The van der Waals surface area contributed by atoms with Gasteiger partial charge in [0.2, 0.25) is 0 Å². The highest BCUT2D eigenvalue weighted by atomic mass is 16.3. The molecule has 3 N–H and O–H groups in total. The maximum atomic E-state index is 8.61. The summed E-state index contributed by atoms with van der Waals surface area (Å²) in [6.07, 6.45) is 3.12. The van der Waals surface area contributed by atoms with Crippen molar-refractivity contribution in [3.05, 3.63) is 24.0 Å². The van der Waals surface area contributed by atoms with E-state index in [1.54, 1.807) is 12.3 Å². The third kappa shape index (κ3) is 1.17. The number of rotatable bonds is 1. The van der Waals surface area contributed by atoms with Crippen LogP contribution < -0.4 is 5.73 Å². The van der Waals surface area contributed by atoms with Crippen LogP contribution in [-0.2, 0) is 6.61 Å². The van der Waals surface area contributed by atoms with Gasteiger partial charge in [0, 0.05) is 11.8 Å². The lowest BCUT2D eigenvalue weighted by Gasteiger charge is -1.97. The fourth-order valence-corrected chi connectivity index (χ4v) is 0.579. The van der Waals surface area contributed by atoms with Crippen LogP contribution in [0.2, 0.25) is 0 Å². The van der Waals surface area contributed by atoms with Crippen LogP contribution in [0.4, 0.5) is 5.69 Å². The number of aliphatic hydroxyl groups is 1. The van der Waals surface area contributed by atoms with E-state index < -0.39 is 0 Å². The standard InChI is InChI=1S/C6H8N2O/c7-6-3-8-2-1-5(6)4-9/h1-3,9H,4,7H2. The fourth-order valence-electron chi connectivity index (χ4n) is 0.579. The van der Waals surface area contributed by atoms with Gasteiger partial charge in [0.15, 0.2) is 0 Å². The molecule has 1 aromatic heterocycles. The summed E-state index contributed by atoms with van der Waals surface area (Å²) in [6, 6.07) is 1.69. The van der Waals surface area contributed by atoms with Crippen LogP contribution in [0.15, 0.2) is 18.5 Å². The summed E-state index contributed by atoms with van der Waals surface area (Å²) < 4.78 is 0. The molecule has 9 heavy (non-hydrogen) atoms. The molecular formula is C6H8N2O. The quantitative estimate of drug-likeness (QED) is 0.560. The zero-order valence-electron chi connectivity index (χ0n) is 4.91. The Labute approximate surface area is 53.2 Å². The third-order valence-corrected chi connectivity index (χ3v) is 1.12. The second-order valence-corrected chi connectivity index (χ2v) is 1.73. The number of anilines is 1. The molecule has 0 bridgehead atoms. The monoisotopic (exact) mass is 124 g/mol. The number of nitrogen functional groups attached to an aromatic ring is 1.